The highest BCUT2D eigenvalue weighted by atomic mass is 35.5. The lowest BCUT2D eigenvalue weighted by Gasteiger charge is -2.12. The van der Waals surface area contributed by atoms with Gasteiger partial charge in [0.25, 0.3) is 5.91 Å². The van der Waals surface area contributed by atoms with E-state index in [0.717, 1.165) is 6.42 Å². The summed E-state index contributed by atoms with van der Waals surface area (Å²) < 4.78 is 4.88. The summed E-state index contributed by atoms with van der Waals surface area (Å²) in [5.41, 5.74) is 0.379. The molecule has 1 N–H and O–H groups in total. The highest BCUT2D eigenvalue weighted by Gasteiger charge is 2.15. The molecule has 0 aliphatic carbocycles. The maximum atomic E-state index is 11.8. The molecule has 3 nitrogen and oxygen atoms in total. The molecule has 0 spiro atoms. The van der Waals surface area contributed by atoms with Crippen molar-refractivity contribution < 1.29 is 9.21 Å². The van der Waals surface area contributed by atoms with Crippen LogP contribution in [0.5, 0.6) is 0 Å². The second-order valence-electron chi connectivity index (χ2n) is 3.77. The third-order valence-electron chi connectivity index (χ3n) is 2.33. The molecule has 90 valence electrons. The molecule has 2 rings (SSSR count). The zero-order chi connectivity index (χ0) is 12.3. The van der Waals surface area contributed by atoms with E-state index >= 15 is 0 Å². The van der Waals surface area contributed by atoms with Crippen molar-refractivity contribution >= 4 is 28.8 Å². The van der Waals surface area contributed by atoms with Gasteiger partial charge in [-0.2, -0.15) is 0 Å². The second-order valence-corrected chi connectivity index (χ2v) is 5.14. The first-order chi connectivity index (χ1) is 8.16. The fourth-order valence-corrected chi connectivity index (χ4v) is 2.57. The van der Waals surface area contributed by atoms with Crippen LogP contribution in [0.25, 0.3) is 0 Å². The van der Waals surface area contributed by atoms with Gasteiger partial charge in [0.2, 0.25) is 5.22 Å². The van der Waals surface area contributed by atoms with E-state index < -0.39 is 0 Å². The number of carbonyl (C=O) groups is 1. The largest absolute Gasteiger partial charge is 0.452 e. The van der Waals surface area contributed by atoms with Crippen LogP contribution < -0.4 is 5.32 Å². The number of thiophene rings is 1. The van der Waals surface area contributed by atoms with Crippen molar-refractivity contribution in [1.29, 1.82) is 0 Å². The van der Waals surface area contributed by atoms with Crippen molar-refractivity contribution in [3.05, 3.63) is 45.5 Å². The number of rotatable bonds is 4. The van der Waals surface area contributed by atoms with Crippen molar-refractivity contribution in [2.45, 2.75) is 19.4 Å². The van der Waals surface area contributed by atoms with Crippen LogP contribution in [0.3, 0.4) is 0 Å². The van der Waals surface area contributed by atoms with Gasteiger partial charge in [0.15, 0.2) is 0 Å². The van der Waals surface area contributed by atoms with Crippen LogP contribution in [0.4, 0.5) is 0 Å². The average Bonchev–Trinajstić information content (AvgIpc) is 2.88. The predicted molar refractivity (Wildman–Crippen MR) is 68.7 cm³/mol. The van der Waals surface area contributed by atoms with Crippen molar-refractivity contribution in [3.8, 4) is 0 Å². The van der Waals surface area contributed by atoms with Crippen LogP contribution in [0, 0.1) is 0 Å². The van der Waals surface area contributed by atoms with Gasteiger partial charge in [-0.25, -0.2) is 0 Å². The van der Waals surface area contributed by atoms with Crippen LogP contribution in [0.1, 0.15) is 22.2 Å². The highest BCUT2D eigenvalue weighted by Crippen LogP contribution is 2.17. The summed E-state index contributed by atoms with van der Waals surface area (Å²) in [6.45, 7) is 1.96. The van der Waals surface area contributed by atoms with Gasteiger partial charge in [0.05, 0.1) is 11.8 Å². The Balaban J connectivity index is 1.93. The zero-order valence-corrected chi connectivity index (χ0v) is 10.8. The Hall–Kier alpha value is -1.26. The molecule has 1 unspecified atom stereocenters. The monoisotopic (exact) mass is 269 g/mol. The molecular formula is C12H12ClNO2S. The molecule has 1 amide bonds. The van der Waals surface area contributed by atoms with Gasteiger partial charge in [-0.05, 0) is 36.0 Å². The summed E-state index contributed by atoms with van der Waals surface area (Å²) >= 11 is 7.42. The van der Waals surface area contributed by atoms with Gasteiger partial charge in [-0.1, -0.05) is 6.07 Å². The first-order valence-corrected chi connectivity index (χ1v) is 6.49. The first kappa shape index (κ1) is 12.2. The van der Waals surface area contributed by atoms with Gasteiger partial charge in [0, 0.05) is 17.3 Å². The Kier molecular flexibility index (Phi) is 3.86. The van der Waals surface area contributed by atoms with E-state index in [4.69, 9.17) is 16.0 Å². The summed E-state index contributed by atoms with van der Waals surface area (Å²) in [5, 5.41) is 5.04. The minimum Gasteiger partial charge on any atom is -0.452 e. The number of hydrogen-bond acceptors (Lipinski definition) is 3. The van der Waals surface area contributed by atoms with Crippen molar-refractivity contribution in [2.24, 2.45) is 0 Å². The molecule has 0 aliphatic rings. The second kappa shape index (κ2) is 5.38. The lowest BCUT2D eigenvalue weighted by atomic mass is 10.2. The van der Waals surface area contributed by atoms with E-state index in [1.54, 1.807) is 17.4 Å². The smallest absolute Gasteiger partial charge is 0.256 e. The number of furan rings is 1. The maximum Gasteiger partial charge on any atom is 0.256 e. The lowest BCUT2D eigenvalue weighted by Crippen LogP contribution is -2.33. The fourth-order valence-electron chi connectivity index (χ4n) is 1.54. The fraction of sp³-hybridized carbons (Fsp3) is 0.250. The minimum absolute atomic E-state index is 0.0621. The third-order valence-corrected chi connectivity index (χ3v) is 3.52. The van der Waals surface area contributed by atoms with Gasteiger partial charge >= 0.3 is 0 Å². The van der Waals surface area contributed by atoms with E-state index in [-0.39, 0.29) is 17.2 Å². The normalized spacial score (nSPS) is 12.4. The molecule has 17 heavy (non-hydrogen) atoms. The van der Waals surface area contributed by atoms with Gasteiger partial charge in [-0.15, -0.1) is 11.3 Å². The number of halogens is 1. The number of amides is 1. The molecular weight excluding hydrogens is 258 g/mol. The predicted octanol–water partition coefficient (Wildman–Crippen LogP) is 3.36. The summed E-state index contributed by atoms with van der Waals surface area (Å²) in [7, 11) is 0. The lowest BCUT2D eigenvalue weighted by molar-refractivity contribution is 0.0940. The number of hydrogen-bond donors (Lipinski definition) is 1. The van der Waals surface area contributed by atoms with Crippen LogP contribution in [0.2, 0.25) is 5.22 Å². The Bertz CT molecular complexity index is 492. The molecule has 2 heterocycles. The quantitative estimate of drug-likeness (QED) is 0.925. The summed E-state index contributed by atoms with van der Waals surface area (Å²) in [5.74, 6) is -0.201. The van der Waals surface area contributed by atoms with Gasteiger partial charge in [-0.3, -0.25) is 4.79 Å². The molecule has 2 aromatic heterocycles. The van der Waals surface area contributed by atoms with E-state index in [1.165, 1.54) is 11.1 Å². The van der Waals surface area contributed by atoms with Gasteiger partial charge < -0.3 is 9.73 Å². The molecule has 0 saturated heterocycles. The molecule has 0 bridgehead atoms. The Morgan fingerprint density at radius 2 is 2.41 bits per heavy atom. The molecule has 2 aromatic rings. The standard InChI is InChI=1S/C12H12ClNO2S/c1-8(7-9-3-2-6-17-9)14-12(15)10-4-5-16-11(10)13/h2-6,8H,7H2,1H3,(H,14,15). The molecule has 0 fully saturated rings. The van der Waals surface area contributed by atoms with E-state index in [9.17, 15) is 4.79 Å². The van der Waals surface area contributed by atoms with Crippen molar-refractivity contribution in [3.63, 3.8) is 0 Å². The molecule has 0 saturated carbocycles. The van der Waals surface area contributed by atoms with Crippen molar-refractivity contribution in [2.75, 3.05) is 0 Å². The topological polar surface area (TPSA) is 42.2 Å². The Labute approximate surface area is 108 Å². The van der Waals surface area contributed by atoms with Crippen LogP contribution in [0.15, 0.2) is 34.3 Å². The zero-order valence-electron chi connectivity index (χ0n) is 9.27. The highest BCUT2D eigenvalue weighted by molar-refractivity contribution is 7.09. The summed E-state index contributed by atoms with van der Waals surface area (Å²) in [6.07, 6.45) is 2.22. The number of carbonyl (C=O) groups excluding carboxylic acids is 1. The van der Waals surface area contributed by atoms with Crippen LogP contribution in [-0.4, -0.2) is 11.9 Å². The summed E-state index contributed by atoms with van der Waals surface area (Å²) in [4.78, 5) is 13.1. The molecule has 0 radical (unpaired) electrons. The Morgan fingerprint density at radius 3 is 3.00 bits per heavy atom. The van der Waals surface area contributed by atoms with E-state index in [1.807, 2.05) is 18.4 Å². The van der Waals surface area contributed by atoms with Gasteiger partial charge in [0.1, 0.15) is 0 Å². The third kappa shape index (κ3) is 3.11. The Morgan fingerprint density at radius 1 is 1.59 bits per heavy atom. The van der Waals surface area contributed by atoms with Crippen LogP contribution in [-0.2, 0) is 6.42 Å². The average molecular weight is 270 g/mol. The first-order valence-electron chi connectivity index (χ1n) is 5.23. The molecule has 0 aromatic carbocycles. The van der Waals surface area contributed by atoms with Crippen LogP contribution >= 0.6 is 22.9 Å². The van der Waals surface area contributed by atoms with E-state index in [0.29, 0.717) is 5.56 Å². The number of nitrogens with one attached hydrogen (secondary N) is 1. The maximum absolute atomic E-state index is 11.8. The SMILES string of the molecule is CC(Cc1cccs1)NC(=O)c1ccoc1Cl. The van der Waals surface area contributed by atoms with Crippen molar-refractivity contribution in [1.82, 2.24) is 5.32 Å². The minimum atomic E-state index is -0.201. The molecule has 5 heteroatoms. The molecule has 1 atom stereocenters. The molecule has 0 aliphatic heterocycles. The van der Waals surface area contributed by atoms with E-state index in [2.05, 4.69) is 11.4 Å². The summed E-state index contributed by atoms with van der Waals surface area (Å²) in [6, 6.07) is 5.68.